The summed E-state index contributed by atoms with van der Waals surface area (Å²) in [7, 11) is 0. The van der Waals surface area contributed by atoms with Crippen molar-refractivity contribution in [2.24, 2.45) is 0 Å². The number of hydrogen-bond donors (Lipinski definition) is 0. The number of likely N-dealkylation sites (tertiary alicyclic amines) is 1. The summed E-state index contributed by atoms with van der Waals surface area (Å²) in [6, 6.07) is 0.658. The van der Waals surface area contributed by atoms with E-state index in [1.165, 1.54) is 19.3 Å². The minimum Gasteiger partial charge on any atom is -0.291 e. The molecule has 0 aromatic heterocycles. The minimum absolute atomic E-state index is 0.385. The van der Waals surface area contributed by atoms with E-state index in [1.54, 1.807) is 0 Å². The molecule has 0 atom stereocenters. The third-order valence-corrected chi connectivity index (χ3v) is 3.40. The Balaban J connectivity index is 2.91. The lowest BCUT2D eigenvalue weighted by Gasteiger charge is -2.55. The average Bonchev–Trinajstić information content (AvgIpc) is 1.79. The monoisotopic (exact) mass is 183 g/mol. The number of hydrogen-bond acceptors (Lipinski definition) is 1. The Hall–Kier alpha value is -0.0400. The van der Waals surface area contributed by atoms with Crippen molar-refractivity contribution in [3.8, 4) is 0 Å². The van der Waals surface area contributed by atoms with Gasteiger partial charge in [-0.25, -0.2) is 0 Å². The summed E-state index contributed by atoms with van der Waals surface area (Å²) in [5, 5.41) is 0. The molecule has 1 fully saturated rings. The molecule has 1 nitrogen and oxygen atoms in total. The molecule has 0 radical (unpaired) electrons. The summed E-state index contributed by atoms with van der Waals surface area (Å²) < 4.78 is 0. The molecule has 1 rings (SSSR count). The summed E-state index contributed by atoms with van der Waals surface area (Å²) in [5.74, 6) is 0. The number of piperidine rings is 1. The maximum absolute atomic E-state index is 2.68. The second-order valence-electron chi connectivity index (χ2n) is 5.94. The molecular formula is C12H25N. The highest BCUT2D eigenvalue weighted by Gasteiger charge is 2.42. The molecule has 1 heteroatoms. The van der Waals surface area contributed by atoms with Crippen LogP contribution in [0.2, 0.25) is 0 Å². The van der Waals surface area contributed by atoms with Crippen LogP contribution in [0.1, 0.15) is 60.8 Å². The molecule has 1 heterocycles. The minimum atomic E-state index is 0.385. The third-order valence-electron chi connectivity index (χ3n) is 3.40. The zero-order chi connectivity index (χ0) is 10.3. The second-order valence-corrected chi connectivity index (χ2v) is 5.94. The highest BCUT2D eigenvalue weighted by atomic mass is 15.3. The highest BCUT2D eigenvalue weighted by molar-refractivity contribution is 4.98. The largest absolute Gasteiger partial charge is 0.291 e. The molecule has 0 amide bonds. The lowest BCUT2D eigenvalue weighted by molar-refractivity contribution is -0.0508. The zero-order valence-electron chi connectivity index (χ0n) is 10.1. The molecular weight excluding hydrogens is 158 g/mol. The summed E-state index contributed by atoms with van der Waals surface area (Å²) >= 11 is 0. The van der Waals surface area contributed by atoms with Crippen LogP contribution in [-0.4, -0.2) is 22.0 Å². The molecule has 0 N–H and O–H groups in total. The first-order valence-corrected chi connectivity index (χ1v) is 5.57. The highest BCUT2D eigenvalue weighted by Crippen LogP contribution is 2.39. The van der Waals surface area contributed by atoms with Crippen LogP contribution in [0.5, 0.6) is 0 Å². The van der Waals surface area contributed by atoms with Gasteiger partial charge in [0.2, 0.25) is 0 Å². The molecule has 1 aliphatic rings. The summed E-state index contributed by atoms with van der Waals surface area (Å²) in [6.45, 7) is 14.2. The summed E-state index contributed by atoms with van der Waals surface area (Å²) in [5.41, 5.74) is 0.770. The van der Waals surface area contributed by atoms with Crippen LogP contribution >= 0.6 is 0 Å². The SMILES string of the molecule is CC(C)N1C(C)(C)CCCC1(C)C. The molecule has 0 aliphatic carbocycles. The van der Waals surface area contributed by atoms with Gasteiger partial charge >= 0.3 is 0 Å². The van der Waals surface area contributed by atoms with E-state index in [-0.39, 0.29) is 0 Å². The van der Waals surface area contributed by atoms with Crippen LogP contribution < -0.4 is 0 Å². The Morgan fingerprint density at radius 2 is 1.31 bits per heavy atom. The van der Waals surface area contributed by atoms with Gasteiger partial charge < -0.3 is 0 Å². The van der Waals surface area contributed by atoms with E-state index < -0.39 is 0 Å². The van der Waals surface area contributed by atoms with E-state index in [4.69, 9.17) is 0 Å². The predicted octanol–water partition coefficient (Wildman–Crippen LogP) is 3.44. The topological polar surface area (TPSA) is 3.24 Å². The molecule has 0 aromatic carbocycles. The van der Waals surface area contributed by atoms with Crippen LogP contribution in [0.4, 0.5) is 0 Å². The van der Waals surface area contributed by atoms with Crippen molar-refractivity contribution in [2.45, 2.75) is 77.9 Å². The Kier molecular flexibility index (Phi) is 2.78. The first-order chi connectivity index (χ1) is 5.77. The van der Waals surface area contributed by atoms with Crippen molar-refractivity contribution >= 4 is 0 Å². The van der Waals surface area contributed by atoms with Gasteiger partial charge in [0.25, 0.3) is 0 Å². The van der Waals surface area contributed by atoms with E-state index in [0.29, 0.717) is 17.1 Å². The van der Waals surface area contributed by atoms with Gasteiger partial charge in [-0.1, -0.05) is 0 Å². The van der Waals surface area contributed by atoms with Crippen molar-refractivity contribution < 1.29 is 0 Å². The van der Waals surface area contributed by atoms with Gasteiger partial charge in [0, 0.05) is 17.1 Å². The van der Waals surface area contributed by atoms with E-state index in [0.717, 1.165) is 0 Å². The fourth-order valence-electron chi connectivity index (χ4n) is 3.41. The van der Waals surface area contributed by atoms with Crippen molar-refractivity contribution in [1.82, 2.24) is 4.90 Å². The molecule has 0 saturated carbocycles. The van der Waals surface area contributed by atoms with Crippen LogP contribution in [0.3, 0.4) is 0 Å². The Bertz CT molecular complexity index is 164. The molecule has 0 aromatic rings. The molecule has 0 spiro atoms. The molecule has 0 bridgehead atoms. The summed E-state index contributed by atoms with van der Waals surface area (Å²) in [6.07, 6.45) is 4.06. The van der Waals surface area contributed by atoms with Gasteiger partial charge in [-0.2, -0.15) is 0 Å². The third kappa shape index (κ3) is 2.07. The number of rotatable bonds is 1. The van der Waals surface area contributed by atoms with Crippen molar-refractivity contribution in [3.05, 3.63) is 0 Å². The maximum atomic E-state index is 2.68. The molecule has 78 valence electrons. The lowest BCUT2D eigenvalue weighted by atomic mass is 9.79. The van der Waals surface area contributed by atoms with Gasteiger partial charge in [-0.05, 0) is 60.8 Å². The average molecular weight is 183 g/mol. The van der Waals surface area contributed by atoms with Gasteiger partial charge in [0.05, 0.1) is 0 Å². The Morgan fingerprint density at radius 1 is 0.923 bits per heavy atom. The van der Waals surface area contributed by atoms with Crippen LogP contribution in [0.15, 0.2) is 0 Å². The van der Waals surface area contributed by atoms with E-state index in [2.05, 4.69) is 46.4 Å². The fraction of sp³-hybridized carbons (Fsp3) is 1.00. The Morgan fingerprint density at radius 3 is 1.54 bits per heavy atom. The fourth-order valence-corrected chi connectivity index (χ4v) is 3.41. The van der Waals surface area contributed by atoms with E-state index in [9.17, 15) is 0 Å². The maximum Gasteiger partial charge on any atom is 0.0161 e. The summed E-state index contributed by atoms with van der Waals surface area (Å²) in [4.78, 5) is 2.68. The standard InChI is InChI=1S/C12H25N/c1-10(2)13-11(3,4)8-7-9-12(13,5)6/h10H,7-9H2,1-6H3. The van der Waals surface area contributed by atoms with E-state index >= 15 is 0 Å². The quantitative estimate of drug-likeness (QED) is 0.602. The first kappa shape index (κ1) is 11.0. The normalized spacial score (nSPS) is 27.9. The van der Waals surface area contributed by atoms with Gasteiger partial charge in [0.15, 0.2) is 0 Å². The van der Waals surface area contributed by atoms with Crippen molar-refractivity contribution in [1.29, 1.82) is 0 Å². The van der Waals surface area contributed by atoms with Crippen LogP contribution in [-0.2, 0) is 0 Å². The lowest BCUT2D eigenvalue weighted by Crippen LogP contribution is -2.61. The first-order valence-electron chi connectivity index (χ1n) is 5.57. The zero-order valence-corrected chi connectivity index (χ0v) is 10.1. The predicted molar refractivity (Wildman–Crippen MR) is 59.0 cm³/mol. The molecule has 0 unspecified atom stereocenters. The van der Waals surface area contributed by atoms with Gasteiger partial charge in [-0.3, -0.25) is 4.90 Å². The second kappa shape index (κ2) is 3.27. The van der Waals surface area contributed by atoms with Gasteiger partial charge in [-0.15, -0.1) is 0 Å². The van der Waals surface area contributed by atoms with Crippen molar-refractivity contribution in [3.63, 3.8) is 0 Å². The van der Waals surface area contributed by atoms with Crippen LogP contribution in [0.25, 0.3) is 0 Å². The van der Waals surface area contributed by atoms with E-state index in [1.807, 2.05) is 0 Å². The molecule has 1 aliphatic heterocycles. The smallest absolute Gasteiger partial charge is 0.0161 e. The van der Waals surface area contributed by atoms with Crippen molar-refractivity contribution in [2.75, 3.05) is 0 Å². The number of nitrogens with zero attached hydrogens (tertiary/aromatic N) is 1. The molecule has 1 saturated heterocycles. The van der Waals surface area contributed by atoms with Gasteiger partial charge in [0.1, 0.15) is 0 Å². The Labute approximate surface area is 83.5 Å². The molecule has 13 heavy (non-hydrogen) atoms. The van der Waals surface area contributed by atoms with Crippen LogP contribution in [0, 0.1) is 0 Å².